The molecule has 5 heteroatoms. The molecule has 1 atom stereocenters. The Hall–Kier alpha value is -1.55. The lowest BCUT2D eigenvalue weighted by Gasteiger charge is -2.18. The molecule has 1 aromatic heterocycles. The Morgan fingerprint density at radius 2 is 1.83 bits per heavy atom. The minimum atomic E-state index is -0.153. The van der Waals surface area contributed by atoms with Crippen LogP contribution >= 0.6 is 23.2 Å². The molecule has 126 valence electrons. The Labute approximate surface area is 152 Å². The molecule has 0 aliphatic carbocycles. The molecule has 0 aliphatic rings. The predicted molar refractivity (Wildman–Crippen MR) is 102 cm³/mol. The second-order valence-corrected chi connectivity index (χ2v) is 7.38. The van der Waals surface area contributed by atoms with Crippen molar-refractivity contribution in [1.29, 1.82) is 0 Å². The molecule has 3 rings (SSSR count). The van der Waals surface area contributed by atoms with E-state index in [4.69, 9.17) is 33.9 Å². The second-order valence-electron chi connectivity index (χ2n) is 6.57. The molecule has 0 aliphatic heterocycles. The van der Waals surface area contributed by atoms with Crippen LogP contribution in [0.15, 0.2) is 36.4 Å². The normalized spacial score (nSPS) is 13.0. The molecule has 0 radical (unpaired) electrons. The van der Waals surface area contributed by atoms with E-state index in [2.05, 4.69) is 49.6 Å². The fraction of sp³-hybridized carbons (Fsp3) is 0.316. The van der Waals surface area contributed by atoms with E-state index in [-0.39, 0.29) is 12.0 Å². The van der Waals surface area contributed by atoms with E-state index >= 15 is 0 Å². The maximum Gasteiger partial charge on any atom is 0.127 e. The monoisotopic (exact) mass is 361 g/mol. The Morgan fingerprint density at radius 3 is 2.50 bits per heavy atom. The van der Waals surface area contributed by atoms with Crippen LogP contribution in [0.4, 0.5) is 0 Å². The number of rotatable bonds is 4. The smallest absolute Gasteiger partial charge is 0.127 e. The molecule has 2 aromatic carbocycles. The van der Waals surface area contributed by atoms with Crippen LogP contribution in [0.1, 0.15) is 36.8 Å². The van der Waals surface area contributed by atoms with Gasteiger partial charge in [0.1, 0.15) is 5.82 Å². The van der Waals surface area contributed by atoms with Crippen LogP contribution in [0.3, 0.4) is 0 Å². The average Bonchev–Trinajstić information content (AvgIpc) is 2.85. The summed E-state index contributed by atoms with van der Waals surface area (Å²) in [4.78, 5) is 4.75. The van der Waals surface area contributed by atoms with Crippen molar-refractivity contribution < 1.29 is 0 Å². The summed E-state index contributed by atoms with van der Waals surface area (Å²) in [5.74, 6) is 1.14. The fourth-order valence-electron chi connectivity index (χ4n) is 2.85. The lowest BCUT2D eigenvalue weighted by molar-refractivity contribution is 0.475. The van der Waals surface area contributed by atoms with Gasteiger partial charge in [-0.25, -0.2) is 4.98 Å². The molecule has 3 nitrogen and oxygen atoms in total. The molecule has 0 saturated heterocycles. The van der Waals surface area contributed by atoms with Gasteiger partial charge in [0.05, 0.1) is 27.1 Å². The quantitative estimate of drug-likeness (QED) is 0.679. The summed E-state index contributed by atoms with van der Waals surface area (Å²) in [6, 6.07) is 12.0. The van der Waals surface area contributed by atoms with E-state index in [1.807, 2.05) is 12.1 Å². The summed E-state index contributed by atoms with van der Waals surface area (Å²) in [6.45, 7) is 6.99. The van der Waals surface area contributed by atoms with Crippen molar-refractivity contribution in [1.82, 2.24) is 9.55 Å². The van der Waals surface area contributed by atoms with Gasteiger partial charge in [0.2, 0.25) is 0 Å². The zero-order valence-corrected chi connectivity index (χ0v) is 15.6. The summed E-state index contributed by atoms with van der Waals surface area (Å²) < 4.78 is 2.15. The fourth-order valence-corrected chi connectivity index (χ4v) is 3.17. The van der Waals surface area contributed by atoms with Crippen LogP contribution < -0.4 is 5.73 Å². The molecular weight excluding hydrogens is 341 g/mol. The topological polar surface area (TPSA) is 43.8 Å². The van der Waals surface area contributed by atoms with Gasteiger partial charge < -0.3 is 10.3 Å². The van der Waals surface area contributed by atoms with E-state index in [0.717, 1.165) is 16.9 Å². The van der Waals surface area contributed by atoms with Crippen LogP contribution in [0.2, 0.25) is 10.0 Å². The SMILES string of the molecule is Cc1cccc(Cn2c([C@@H](N)C(C)C)nc3cc(Cl)c(Cl)cc32)c1. The van der Waals surface area contributed by atoms with Gasteiger partial charge >= 0.3 is 0 Å². The molecule has 3 aromatic rings. The number of imidazole rings is 1. The number of nitrogens with two attached hydrogens (primary N) is 1. The number of aryl methyl sites for hydroxylation is 1. The third kappa shape index (κ3) is 3.30. The van der Waals surface area contributed by atoms with Gasteiger partial charge in [-0.15, -0.1) is 0 Å². The number of nitrogens with zero attached hydrogens (tertiary/aromatic N) is 2. The van der Waals surface area contributed by atoms with Crippen LogP contribution in [0.5, 0.6) is 0 Å². The van der Waals surface area contributed by atoms with Crippen LogP contribution in [-0.2, 0) is 6.54 Å². The Kier molecular flexibility index (Phi) is 4.86. The molecule has 0 saturated carbocycles. The molecule has 0 fully saturated rings. The molecule has 0 bridgehead atoms. The number of benzene rings is 2. The van der Waals surface area contributed by atoms with E-state index in [1.54, 1.807) is 0 Å². The summed E-state index contributed by atoms with van der Waals surface area (Å²) >= 11 is 12.4. The van der Waals surface area contributed by atoms with Gasteiger partial charge in [0, 0.05) is 6.54 Å². The maximum absolute atomic E-state index is 6.41. The van der Waals surface area contributed by atoms with Crippen molar-refractivity contribution in [2.24, 2.45) is 11.7 Å². The Morgan fingerprint density at radius 1 is 1.12 bits per heavy atom. The van der Waals surface area contributed by atoms with Crippen molar-refractivity contribution in [3.05, 3.63) is 63.4 Å². The molecule has 1 heterocycles. The first-order valence-electron chi connectivity index (χ1n) is 8.03. The highest BCUT2D eigenvalue weighted by Crippen LogP contribution is 2.31. The lowest BCUT2D eigenvalue weighted by Crippen LogP contribution is -2.22. The standard InChI is InChI=1S/C19H21Cl2N3/c1-11(2)18(22)19-23-16-8-14(20)15(21)9-17(16)24(19)10-13-6-4-5-12(3)7-13/h4-9,11,18H,10,22H2,1-3H3/t18-/m0/s1. The molecule has 24 heavy (non-hydrogen) atoms. The van der Waals surface area contributed by atoms with Crippen LogP contribution in [0.25, 0.3) is 11.0 Å². The molecule has 2 N–H and O–H groups in total. The van der Waals surface area contributed by atoms with E-state index in [9.17, 15) is 0 Å². The highest BCUT2D eigenvalue weighted by molar-refractivity contribution is 6.42. The number of hydrogen-bond donors (Lipinski definition) is 1. The zero-order chi connectivity index (χ0) is 17.4. The molecule has 0 unspecified atom stereocenters. The van der Waals surface area contributed by atoms with Gasteiger partial charge in [-0.05, 0) is 30.5 Å². The summed E-state index contributed by atoms with van der Waals surface area (Å²) in [5.41, 5.74) is 10.6. The first-order valence-corrected chi connectivity index (χ1v) is 8.78. The van der Waals surface area contributed by atoms with Crippen LogP contribution in [-0.4, -0.2) is 9.55 Å². The molecular formula is C19H21Cl2N3. The van der Waals surface area contributed by atoms with Crippen molar-refractivity contribution in [3.63, 3.8) is 0 Å². The summed E-state index contributed by atoms with van der Waals surface area (Å²) in [5, 5.41) is 1.04. The maximum atomic E-state index is 6.41. The largest absolute Gasteiger partial charge is 0.322 e. The number of halogens is 2. The highest BCUT2D eigenvalue weighted by Gasteiger charge is 2.21. The van der Waals surface area contributed by atoms with Gasteiger partial charge in [-0.2, -0.15) is 0 Å². The number of hydrogen-bond acceptors (Lipinski definition) is 2. The van der Waals surface area contributed by atoms with Crippen molar-refractivity contribution in [3.8, 4) is 0 Å². The molecule has 0 spiro atoms. The van der Waals surface area contributed by atoms with E-state index in [0.29, 0.717) is 16.6 Å². The third-order valence-electron chi connectivity index (χ3n) is 4.26. The summed E-state index contributed by atoms with van der Waals surface area (Å²) in [7, 11) is 0. The van der Waals surface area contributed by atoms with Crippen molar-refractivity contribution in [2.45, 2.75) is 33.4 Å². The Bertz CT molecular complexity index is 884. The van der Waals surface area contributed by atoms with E-state index in [1.165, 1.54) is 11.1 Å². The lowest BCUT2D eigenvalue weighted by atomic mass is 10.0. The molecule has 0 amide bonds. The van der Waals surface area contributed by atoms with Gasteiger partial charge in [-0.1, -0.05) is 66.9 Å². The van der Waals surface area contributed by atoms with Crippen LogP contribution in [0, 0.1) is 12.8 Å². The first kappa shape index (κ1) is 17.3. The predicted octanol–water partition coefficient (Wildman–Crippen LogP) is 5.36. The van der Waals surface area contributed by atoms with Gasteiger partial charge in [0.25, 0.3) is 0 Å². The third-order valence-corrected chi connectivity index (χ3v) is 4.98. The van der Waals surface area contributed by atoms with Gasteiger partial charge in [0.15, 0.2) is 0 Å². The number of fused-ring (bicyclic) bond motifs is 1. The Balaban J connectivity index is 2.18. The average molecular weight is 362 g/mol. The van der Waals surface area contributed by atoms with Crippen molar-refractivity contribution >= 4 is 34.2 Å². The number of aromatic nitrogens is 2. The van der Waals surface area contributed by atoms with Gasteiger partial charge in [-0.3, -0.25) is 0 Å². The highest BCUT2D eigenvalue weighted by atomic mass is 35.5. The minimum absolute atomic E-state index is 0.153. The summed E-state index contributed by atoms with van der Waals surface area (Å²) in [6.07, 6.45) is 0. The minimum Gasteiger partial charge on any atom is -0.322 e. The van der Waals surface area contributed by atoms with E-state index < -0.39 is 0 Å². The zero-order valence-electron chi connectivity index (χ0n) is 14.1. The second kappa shape index (κ2) is 6.75. The first-order chi connectivity index (χ1) is 11.4. The van der Waals surface area contributed by atoms with Crippen molar-refractivity contribution in [2.75, 3.05) is 0 Å².